The number of ether oxygens (including phenoxy) is 4. The number of carbonyl (C=O) groups is 2. The van der Waals surface area contributed by atoms with Gasteiger partial charge < -0.3 is 24.3 Å². The molecule has 3 aromatic rings. The zero-order valence-corrected chi connectivity index (χ0v) is 22.8. The summed E-state index contributed by atoms with van der Waals surface area (Å²) in [7, 11) is 2.99. The summed E-state index contributed by atoms with van der Waals surface area (Å²) < 4.78 is 36.1. The van der Waals surface area contributed by atoms with Gasteiger partial charge in [-0.25, -0.2) is 14.0 Å². The van der Waals surface area contributed by atoms with Gasteiger partial charge in [-0.2, -0.15) is 0 Å². The van der Waals surface area contributed by atoms with Gasteiger partial charge in [0.1, 0.15) is 30.3 Å². The zero-order chi connectivity index (χ0) is 27.2. The monoisotopic (exact) mass is 560 g/mol. The van der Waals surface area contributed by atoms with Crippen LogP contribution in [0, 0.1) is 5.82 Å². The van der Waals surface area contributed by atoms with Crippen LogP contribution in [0.1, 0.15) is 21.5 Å². The Hall–Kier alpha value is -3.66. The van der Waals surface area contributed by atoms with E-state index in [1.807, 2.05) is 60.7 Å². The third-order valence-corrected chi connectivity index (χ3v) is 5.68. The lowest BCUT2D eigenvalue weighted by Gasteiger charge is -2.31. The maximum Gasteiger partial charge on any atom is 0.410 e. The summed E-state index contributed by atoms with van der Waals surface area (Å²) in [4.78, 5) is 26.9. The van der Waals surface area contributed by atoms with E-state index in [2.05, 4.69) is 5.32 Å². The van der Waals surface area contributed by atoms with Crippen LogP contribution >= 0.6 is 12.4 Å². The van der Waals surface area contributed by atoms with Crippen LogP contribution in [0.2, 0.25) is 0 Å². The fourth-order valence-electron chi connectivity index (χ4n) is 3.66. The van der Waals surface area contributed by atoms with Gasteiger partial charge in [0.15, 0.2) is 0 Å². The highest BCUT2D eigenvalue weighted by atomic mass is 35.5. The Morgan fingerprint density at radius 1 is 0.923 bits per heavy atom. The van der Waals surface area contributed by atoms with Crippen molar-refractivity contribution in [2.45, 2.75) is 19.3 Å². The van der Waals surface area contributed by atoms with E-state index in [4.69, 9.17) is 18.9 Å². The Morgan fingerprint density at radius 3 is 2.18 bits per heavy atom. The first kappa shape index (κ1) is 31.6. The van der Waals surface area contributed by atoms with Gasteiger partial charge in [-0.3, -0.25) is 4.90 Å². The van der Waals surface area contributed by atoms with Crippen molar-refractivity contribution in [2.75, 3.05) is 40.5 Å². The number of rotatable bonds is 14. The van der Waals surface area contributed by atoms with E-state index in [0.29, 0.717) is 19.7 Å². The number of esters is 1. The van der Waals surface area contributed by atoms with Crippen molar-refractivity contribution >= 4 is 24.5 Å². The molecule has 0 saturated carbocycles. The molecule has 0 spiro atoms. The topological polar surface area (TPSA) is 86.3 Å². The third kappa shape index (κ3) is 10.2. The lowest BCUT2D eigenvalue weighted by molar-refractivity contribution is 0.0190. The highest BCUT2D eigenvalue weighted by Crippen LogP contribution is 2.22. The number of methoxy groups -OCH3 is 1. The van der Waals surface area contributed by atoms with Gasteiger partial charge in [-0.05, 0) is 36.4 Å². The fraction of sp³-hybridized carbons (Fsp3) is 0.310. The molecule has 0 aromatic heterocycles. The summed E-state index contributed by atoms with van der Waals surface area (Å²) >= 11 is 0. The van der Waals surface area contributed by atoms with Crippen LogP contribution in [0.15, 0.2) is 78.9 Å². The Balaban J connectivity index is 0.00000533. The predicted molar refractivity (Wildman–Crippen MR) is 148 cm³/mol. The summed E-state index contributed by atoms with van der Waals surface area (Å²) in [5.41, 5.74) is 1.79. The summed E-state index contributed by atoms with van der Waals surface area (Å²) in [6.45, 7) is 1.36. The van der Waals surface area contributed by atoms with Gasteiger partial charge in [0.05, 0.1) is 26.4 Å². The second kappa shape index (κ2) is 17.0. The number of nitrogens with one attached hydrogen (secondary N) is 1. The van der Waals surface area contributed by atoms with E-state index in [1.54, 1.807) is 7.05 Å². The molecule has 39 heavy (non-hydrogen) atoms. The van der Waals surface area contributed by atoms with Crippen molar-refractivity contribution in [3.63, 3.8) is 0 Å². The third-order valence-electron chi connectivity index (χ3n) is 5.68. The summed E-state index contributed by atoms with van der Waals surface area (Å²) in [5, 5.41) is 3.04. The van der Waals surface area contributed by atoms with E-state index < -0.39 is 23.9 Å². The van der Waals surface area contributed by atoms with Crippen LogP contribution in [-0.2, 0) is 27.4 Å². The molecule has 3 rings (SSSR count). The van der Waals surface area contributed by atoms with Gasteiger partial charge in [0.2, 0.25) is 0 Å². The number of carbonyl (C=O) groups excluding carboxylic acids is 2. The van der Waals surface area contributed by atoms with Crippen molar-refractivity contribution < 1.29 is 32.9 Å². The largest absolute Gasteiger partial charge is 0.490 e. The molecule has 1 N–H and O–H groups in total. The molecule has 0 radical (unpaired) electrons. The SMILES string of the molecule is CNCCN(C(=O)OCc1ccccc1)C(COCc1ccccc1)COc1ccc(F)cc1C(=O)OC.Cl. The van der Waals surface area contributed by atoms with Crippen LogP contribution in [0.4, 0.5) is 9.18 Å². The number of benzene rings is 3. The van der Waals surface area contributed by atoms with Crippen LogP contribution in [0.5, 0.6) is 5.75 Å². The molecular formula is C29H34ClFN2O6. The van der Waals surface area contributed by atoms with Gasteiger partial charge >= 0.3 is 12.1 Å². The van der Waals surface area contributed by atoms with Crippen LogP contribution < -0.4 is 10.1 Å². The van der Waals surface area contributed by atoms with Crippen molar-refractivity contribution in [3.05, 3.63) is 101 Å². The molecule has 1 unspecified atom stereocenters. The number of amides is 1. The standard InChI is InChI=1S/C29H33FN2O6.ClH/c1-31-15-16-32(29(34)38-19-23-11-7-4-8-12-23)25(20-36-18-22-9-5-3-6-10-22)21-37-27-14-13-24(30)17-26(27)28(33)35-2;/h3-14,17,25,31H,15-16,18-21H2,1-2H3;1H. The molecule has 1 atom stereocenters. The lowest BCUT2D eigenvalue weighted by Crippen LogP contribution is -2.49. The molecule has 0 heterocycles. The lowest BCUT2D eigenvalue weighted by atomic mass is 10.2. The van der Waals surface area contributed by atoms with Crippen molar-refractivity contribution in [3.8, 4) is 5.75 Å². The highest BCUT2D eigenvalue weighted by molar-refractivity contribution is 5.92. The average molecular weight is 561 g/mol. The van der Waals surface area contributed by atoms with Crippen molar-refractivity contribution in [1.29, 1.82) is 0 Å². The molecule has 0 bridgehead atoms. The van der Waals surface area contributed by atoms with Gasteiger partial charge in [-0.1, -0.05) is 60.7 Å². The molecule has 0 aliphatic rings. The van der Waals surface area contributed by atoms with E-state index in [9.17, 15) is 14.0 Å². The minimum absolute atomic E-state index is 0. The quantitative estimate of drug-likeness (QED) is 0.282. The Kier molecular flexibility index (Phi) is 13.8. The molecule has 8 nitrogen and oxygen atoms in total. The van der Waals surface area contributed by atoms with Crippen LogP contribution in [-0.4, -0.2) is 63.5 Å². The molecule has 210 valence electrons. The second-order valence-corrected chi connectivity index (χ2v) is 8.43. The zero-order valence-electron chi connectivity index (χ0n) is 22.0. The van der Waals surface area contributed by atoms with Crippen LogP contribution in [0.3, 0.4) is 0 Å². The molecule has 3 aromatic carbocycles. The summed E-state index contributed by atoms with van der Waals surface area (Å²) in [6.07, 6.45) is -0.534. The fourth-order valence-corrected chi connectivity index (χ4v) is 3.66. The number of hydrogen-bond donors (Lipinski definition) is 1. The average Bonchev–Trinajstić information content (AvgIpc) is 2.95. The molecule has 0 aliphatic carbocycles. The van der Waals surface area contributed by atoms with E-state index in [-0.39, 0.29) is 43.5 Å². The predicted octanol–water partition coefficient (Wildman–Crippen LogP) is 4.86. The Morgan fingerprint density at radius 2 is 1.56 bits per heavy atom. The number of nitrogens with zero attached hydrogens (tertiary/aromatic N) is 1. The minimum Gasteiger partial charge on any atom is -0.490 e. The minimum atomic E-state index is -0.731. The summed E-state index contributed by atoms with van der Waals surface area (Å²) in [6, 6.07) is 22.0. The van der Waals surface area contributed by atoms with E-state index in [0.717, 1.165) is 17.2 Å². The first-order chi connectivity index (χ1) is 18.5. The van der Waals surface area contributed by atoms with E-state index >= 15 is 0 Å². The molecule has 0 aliphatic heterocycles. The van der Waals surface area contributed by atoms with Gasteiger partial charge in [-0.15, -0.1) is 12.4 Å². The normalized spacial score (nSPS) is 11.2. The Labute approximate surface area is 234 Å². The molecule has 1 amide bonds. The Bertz CT molecular complexity index is 1150. The number of likely N-dealkylation sites (N-methyl/N-ethyl adjacent to an activating group) is 1. The highest BCUT2D eigenvalue weighted by Gasteiger charge is 2.27. The van der Waals surface area contributed by atoms with E-state index in [1.165, 1.54) is 24.1 Å². The van der Waals surface area contributed by atoms with Crippen molar-refractivity contribution in [2.24, 2.45) is 0 Å². The molecule has 10 heteroatoms. The second-order valence-electron chi connectivity index (χ2n) is 8.43. The number of hydrogen-bond acceptors (Lipinski definition) is 7. The summed E-state index contributed by atoms with van der Waals surface area (Å²) in [5.74, 6) is -1.19. The van der Waals surface area contributed by atoms with Gasteiger partial charge in [0.25, 0.3) is 0 Å². The van der Waals surface area contributed by atoms with Gasteiger partial charge in [0, 0.05) is 13.1 Å². The smallest absolute Gasteiger partial charge is 0.410 e. The van der Waals surface area contributed by atoms with Crippen LogP contribution in [0.25, 0.3) is 0 Å². The first-order valence-corrected chi connectivity index (χ1v) is 12.3. The maximum absolute atomic E-state index is 13.8. The molecular weight excluding hydrogens is 527 g/mol. The maximum atomic E-state index is 13.8. The number of halogens is 2. The first-order valence-electron chi connectivity index (χ1n) is 12.3. The molecule has 0 saturated heterocycles. The van der Waals surface area contributed by atoms with Crippen molar-refractivity contribution in [1.82, 2.24) is 10.2 Å². The molecule has 0 fully saturated rings.